The third kappa shape index (κ3) is 3.08. The lowest BCUT2D eigenvalue weighted by Gasteiger charge is -2.47. The first-order chi connectivity index (χ1) is 9.66. The lowest BCUT2D eigenvalue weighted by Crippen LogP contribution is -2.60. The van der Waals surface area contributed by atoms with Gasteiger partial charge in [-0.25, -0.2) is 0 Å². The summed E-state index contributed by atoms with van der Waals surface area (Å²) < 4.78 is 0. The number of hydrogen-bond donors (Lipinski definition) is 1. The number of nitrogens with zero attached hydrogens (tertiary/aromatic N) is 2. The van der Waals surface area contributed by atoms with Gasteiger partial charge in [0.15, 0.2) is 0 Å². The molecule has 0 aliphatic carbocycles. The van der Waals surface area contributed by atoms with Crippen molar-refractivity contribution in [3.8, 4) is 0 Å². The van der Waals surface area contributed by atoms with Gasteiger partial charge in [0, 0.05) is 19.1 Å². The normalized spacial score (nSPS) is 37.0. The van der Waals surface area contributed by atoms with Crippen molar-refractivity contribution >= 4 is 18.3 Å². The molecule has 0 bridgehead atoms. The van der Waals surface area contributed by atoms with Crippen LogP contribution in [-0.4, -0.2) is 60.5 Å². The van der Waals surface area contributed by atoms with Crippen LogP contribution in [0.4, 0.5) is 0 Å². The van der Waals surface area contributed by atoms with Crippen LogP contribution in [0, 0.1) is 5.92 Å². The van der Waals surface area contributed by atoms with Gasteiger partial charge in [0.2, 0.25) is 5.91 Å². The van der Waals surface area contributed by atoms with E-state index in [1.165, 1.54) is 19.4 Å². The van der Waals surface area contributed by atoms with E-state index in [1.54, 1.807) is 0 Å². The maximum atomic E-state index is 13.0. The molecule has 3 heterocycles. The van der Waals surface area contributed by atoms with Gasteiger partial charge in [-0.3, -0.25) is 4.79 Å². The third-order valence-electron chi connectivity index (χ3n) is 5.89. The molecule has 0 aromatic rings. The predicted octanol–water partition coefficient (Wildman–Crippen LogP) is 1.88. The van der Waals surface area contributed by atoms with Gasteiger partial charge in [-0.1, -0.05) is 6.92 Å². The van der Waals surface area contributed by atoms with E-state index in [0.717, 1.165) is 45.3 Å². The smallest absolute Gasteiger partial charge is 0.242 e. The van der Waals surface area contributed by atoms with Gasteiger partial charge in [0.1, 0.15) is 0 Å². The molecule has 21 heavy (non-hydrogen) atoms. The van der Waals surface area contributed by atoms with Crippen molar-refractivity contribution in [3.05, 3.63) is 0 Å². The second kappa shape index (κ2) is 6.84. The minimum absolute atomic E-state index is 0. The Kier molecular flexibility index (Phi) is 5.55. The second-order valence-electron chi connectivity index (χ2n) is 6.96. The van der Waals surface area contributed by atoms with Crippen LogP contribution in [-0.2, 0) is 4.79 Å². The summed E-state index contributed by atoms with van der Waals surface area (Å²) in [7, 11) is 2.25. The van der Waals surface area contributed by atoms with Crippen molar-refractivity contribution < 1.29 is 4.79 Å². The largest absolute Gasteiger partial charge is 0.341 e. The van der Waals surface area contributed by atoms with Crippen LogP contribution in [0.1, 0.15) is 45.4 Å². The molecule has 3 aliphatic heterocycles. The van der Waals surface area contributed by atoms with Crippen LogP contribution in [0.25, 0.3) is 0 Å². The maximum Gasteiger partial charge on any atom is 0.242 e. The monoisotopic (exact) mass is 315 g/mol. The molecule has 0 saturated carbocycles. The number of nitrogens with one attached hydrogen (secondary N) is 1. The molecule has 3 unspecified atom stereocenters. The molecule has 1 N–H and O–H groups in total. The van der Waals surface area contributed by atoms with E-state index in [0.29, 0.717) is 17.9 Å². The minimum atomic E-state index is -0.243. The van der Waals surface area contributed by atoms with E-state index in [4.69, 9.17) is 0 Å². The zero-order chi connectivity index (χ0) is 14.2. The average Bonchev–Trinajstić information content (AvgIpc) is 2.96. The summed E-state index contributed by atoms with van der Waals surface area (Å²) >= 11 is 0. The van der Waals surface area contributed by atoms with E-state index in [9.17, 15) is 4.79 Å². The van der Waals surface area contributed by atoms with Crippen molar-refractivity contribution in [3.63, 3.8) is 0 Å². The van der Waals surface area contributed by atoms with Crippen LogP contribution in [0.15, 0.2) is 0 Å². The highest BCUT2D eigenvalue weighted by molar-refractivity contribution is 5.87. The van der Waals surface area contributed by atoms with Crippen molar-refractivity contribution in [1.82, 2.24) is 15.1 Å². The molecule has 4 nitrogen and oxygen atoms in total. The average molecular weight is 316 g/mol. The summed E-state index contributed by atoms with van der Waals surface area (Å²) in [4.78, 5) is 17.6. The maximum absolute atomic E-state index is 13.0. The zero-order valence-electron chi connectivity index (χ0n) is 13.4. The van der Waals surface area contributed by atoms with Gasteiger partial charge < -0.3 is 15.1 Å². The first-order valence-electron chi connectivity index (χ1n) is 8.41. The van der Waals surface area contributed by atoms with E-state index < -0.39 is 0 Å². The zero-order valence-corrected chi connectivity index (χ0v) is 14.3. The Morgan fingerprint density at radius 3 is 2.76 bits per heavy atom. The first kappa shape index (κ1) is 17.0. The van der Waals surface area contributed by atoms with E-state index >= 15 is 0 Å². The molecule has 0 spiro atoms. The van der Waals surface area contributed by atoms with E-state index in [1.807, 2.05) is 0 Å². The van der Waals surface area contributed by atoms with Gasteiger partial charge in [-0.15, -0.1) is 12.4 Å². The molecule has 122 valence electrons. The second-order valence-corrected chi connectivity index (χ2v) is 6.96. The Hall–Kier alpha value is -0.320. The van der Waals surface area contributed by atoms with Crippen LogP contribution in [0.5, 0.6) is 0 Å². The standard InChI is InChI=1S/C16H29N3O.ClH/c1-3-16(8-5-9-17-16)15(20)19-11-7-14-13(12-19)6-4-10-18(14)2;/h13-14,17H,3-12H2,1-2H3;1H. The van der Waals surface area contributed by atoms with Gasteiger partial charge >= 0.3 is 0 Å². The lowest BCUT2D eigenvalue weighted by molar-refractivity contribution is -0.141. The Morgan fingerprint density at radius 2 is 2.10 bits per heavy atom. The van der Waals surface area contributed by atoms with Gasteiger partial charge in [0.25, 0.3) is 0 Å². The number of fused-ring (bicyclic) bond motifs is 1. The number of carbonyl (C=O) groups excluding carboxylic acids is 1. The Morgan fingerprint density at radius 1 is 1.29 bits per heavy atom. The third-order valence-corrected chi connectivity index (χ3v) is 5.89. The van der Waals surface area contributed by atoms with Crippen LogP contribution in [0.2, 0.25) is 0 Å². The van der Waals surface area contributed by atoms with Gasteiger partial charge in [0.05, 0.1) is 5.54 Å². The Labute approximate surface area is 135 Å². The summed E-state index contributed by atoms with van der Waals surface area (Å²) in [6, 6.07) is 0.710. The number of amides is 1. The summed E-state index contributed by atoms with van der Waals surface area (Å²) in [6.45, 7) is 6.32. The van der Waals surface area contributed by atoms with Gasteiger partial charge in [-0.2, -0.15) is 0 Å². The number of hydrogen-bond acceptors (Lipinski definition) is 3. The van der Waals surface area contributed by atoms with Crippen LogP contribution in [0.3, 0.4) is 0 Å². The number of carbonyl (C=O) groups is 1. The molecule has 1 amide bonds. The van der Waals surface area contributed by atoms with Crippen molar-refractivity contribution in [2.24, 2.45) is 5.92 Å². The van der Waals surface area contributed by atoms with E-state index in [-0.39, 0.29) is 17.9 Å². The van der Waals surface area contributed by atoms with Crippen molar-refractivity contribution in [1.29, 1.82) is 0 Å². The number of halogens is 1. The fraction of sp³-hybridized carbons (Fsp3) is 0.938. The predicted molar refractivity (Wildman–Crippen MR) is 87.8 cm³/mol. The number of rotatable bonds is 2. The van der Waals surface area contributed by atoms with Crippen molar-refractivity contribution in [2.45, 2.75) is 57.0 Å². The molecule has 3 rings (SSSR count). The number of piperidine rings is 2. The topological polar surface area (TPSA) is 35.6 Å². The molecular formula is C16H30ClN3O. The summed E-state index contributed by atoms with van der Waals surface area (Å²) in [6.07, 6.45) is 6.83. The molecule has 0 aromatic carbocycles. The Balaban J connectivity index is 0.00000161. The van der Waals surface area contributed by atoms with Crippen LogP contribution >= 0.6 is 12.4 Å². The molecule has 0 aromatic heterocycles. The first-order valence-corrected chi connectivity index (χ1v) is 8.41. The summed E-state index contributed by atoms with van der Waals surface area (Å²) in [5, 5.41) is 3.50. The van der Waals surface area contributed by atoms with Gasteiger partial charge in [-0.05, 0) is 64.6 Å². The highest BCUT2D eigenvalue weighted by atomic mass is 35.5. The minimum Gasteiger partial charge on any atom is -0.341 e. The number of likely N-dealkylation sites (tertiary alicyclic amines) is 2. The van der Waals surface area contributed by atoms with Crippen molar-refractivity contribution in [2.75, 3.05) is 33.2 Å². The van der Waals surface area contributed by atoms with Crippen LogP contribution < -0.4 is 5.32 Å². The highest BCUT2D eigenvalue weighted by Gasteiger charge is 2.44. The fourth-order valence-corrected chi connectivity index (χ4v) is 4.58. The molecular weight excluding hydrogens is 286 g/mol. The summed E-state index contributed by atoms with van der Waals surface area (Å²) in [5.41, 5.74) is -0.243. The SMILES string of the molecule is CCC1(C(=O)N2CCC3C(CCCN3C)C2)CCCN1.Cl. The van der Waals surface area contributed by atoms with E-state index in [2.05, 4.69) is 29.1 Å². The Bertz CT molecular complexity index is 371. The molecule has 5 heteroatoms. The summed E-state index contributed by atoms with van der Waals surface area (Å²) in [5.74, 6) is 1.07. The fourth-order valence-electron chi connectivity index (χ4n) is 4.58. The molecule has 3 atom stereocenters. The quantitative estimate of drug-likeness (QED) is 0.845. The highest BCUT2D eigenvalue weighted by Crippen LogP contribution is 2.32. The molecule has 0 radical (unpaired) electrons. The molecule has 3 aliphatic rings. The molecule has 3 fully saturated rings. The lowest BCUT2D eigenvalue weighted by atomic mass is 9.83. The molecule has 3 saturated heterocycles.